The topological polar surface area (TPSA) is 25.2 Å². The first-order valence-corrected chi connectivity index (χ1v) is 17.3. The molecule has 218 valence electrons. The minimum atomic E-state index is -3.16. The Kier molecular flexibility index (Phi) is 6.09. The molecule has 0 saturated heterocycles. The number of rotatable bonds is 4. The van der Waals surface area contributed by atoms with Gasteiger partial charge >= 0.3 is 0 Å². The zero-order valence-corrected chi connectivity index (χ0v) is 25.9. The van der Waals surface area contributed by atoms with Crippen LogP contribution in [0.25, 0.3) is 38.6 Å². The normalized spacial score (nSPS) is 15.5. The predicted molar refractivity (Wildman–Crippen MR) is 194 cm³/mol. The van der Waals surface area contributed by atoms with Crippen molar-refractivity contribution in [3.63, 3.8) is 0 Å². The SMILES string of the molecule is O=P1(c2ccccc2)c2ccccc2N(c2ccccc2)c2cc(-c3cccc(-n4c5ccccc5c5ccccc54)c3)ccc21. The molecule has 2 heterocycles. The average molecular weight is 609 g/mol. The molecular formula is C42H29N2OP. The lowest BCUT2D eigenvalue weighted by atomic mass is 10.0. The van der Waals surface area contributed by atoms with Crippen molar-refractivity contribution in [3.8, 4) is 16.8 Å². The Morgan fingerprint density at radius 2 is 0.978 bits per heavy atom. The van der Waals surface area contributed by atoms with Gasteiger partial charge < -0.3 is 14.0 Å². The van der Waals surface area contributed by atoms with Gasteiger partial charge in [-0.25, -0.2) is 0 Å². The number of benzene rings is 7. The molecule has 0 spiro atoms. The van der Waals surface area contributed by atoms with Crippen LogP contribution in [0.1, 0.15) is 0 Å². The number of nitrogens with zero attached hydrogens (tertiary/aromatic N) is 2. The molecule has 46 heavy (non-hydrogen) atoms. The van der Waals surface area contributed by atoms with E-state index in [-0.39, 0.29) is 0 Å². The minimum absolute atomic E-state index is 0.845. The second-order valence-corrected chi connectivity index (χ2v) is 14.4. The van der Waals surface area contributed by atoms with E-state index >= 15 is 4.57 Å². The Morgan fingerprint density at radius 3 is 1.72 bits per heavy atom. The minimum Gasteiger partial charge on any atom is -0.309 e. The number of para-hydroxylation sites is 4. The first kappa shape index (κ1) is 26.7. The van der Waals surface area contributed by atoms with Crippen molar-refractivity contribution in [2.24, 2.45) is 0 Å². The van der Waals surface area contributed by atoms with Crippen LogP contribution in [-0.4, -0.2) is 4.57 Å². The zero-order chi connectivity index (χ0) is 30.7. The fraction of sp³-hybridized carbons (Fsp3) is 0. The van der Waals surface area contributed by atoms with Crippen LogP contribution < -0.4 is 20.8 Å². The van der Waals surface area contributed by atoms with Crippen LogP contribution >= 0.6 is 7.14 Å². The summed E-state index contributed by atoms with van der Waals surface area (Å²) in [5, 5.41) is 5.04. The zero-order valence-electron chi connectivity index (χ0n) is 25.0. The molecule has 0 N–H and O–H groups in total. The van der Waals surface area contributed by atoms with Crippen LogP contribution in [-0.2, 0) is 4.57 Å². The van der Waals surface area contributed by atoms with Crippen LogP contribution in [0.15, 0.2) is 176 Å². The molecule has 3 nitrogen and oxygen atoms in total. The molecule has 7 aromatic carbocycles. The molecule has 0 fully saturated rings. The molecule has 0 bridgehead atoms. The summed E-state index contributed by atoms with van der Waals surface area (Å²) in [7, 11) is -3.16. The maximum atomic E-state index is 15.5. The molecule has 0 radical (unpaired) electrons. The van der Waals surface area contributed by atoms with Crippen molar-refractivity contribution in [1.82, 2.24) is 4.57 Å². The highest BCUT2D eigenvalue weighted by atomic mass is 31.2. The molecule has 1 aliphatic rings. The molecule has 1 atom stereocenters. The van der Waals surface area contributed by atoms with Crippen molar-refractivity contribution < 1.29 is 4.57 Å². The maximum absolute atomic E-state index is 15.5. The van der Waals surface area contributed by atoms with E-state index in [0.717, 1.165) is 49.8 Å². The van der Waals surface area contributed by atoms with Gasteiger partial charge in [0.25, 0.3) is 0 Å². The lowest BCUT2D eigenvalue weighted by molar-refractivity contribution is 0.592. The summed E-state index contributed by atoms with van der Waals surface area (Å²) in [6.07, 6.45) is 0. The Labute approximate surface area is 268 Å². The van der Waals surface area contributed by atoms with Gasteiger partial charge in [0, 0.05) is 38.1 Å². The number of fused-ring (bicyclic) bond motifs is 5. The largest absolute Gasteiger partial charge is 0.309 e. The molecule has 1 unspecified atom stereocenters. The fourth-order valence-corrected chi connectivity index (χ4v) is 10.1. The quantitative estimate of drug-likeness (QED) is 0.186. The van der Waals surface area contributed by atoms with Gasteiger partial charge in [-0.15, -0.1) is 0 Å². The van der Waals surface area contributed by atoms with Crippen LogP contribution in [0.3, 0.4) is 0 Å². The highest BCUT2D eigenvalue weighted by molar-refractivity contribution is 7.86. The molecule has 1 aromatic heterocycles. The molecule has 8 aromatic rings. The van der Waals surface area contributed by atoms with Gasteiger partial charge in [0.05, 0.1) is 22.4 Å². The Bertz CT molecular complexity index is 2410. The van der Waals surface area contributed by atoms with E-state index in [2.05, 4.69) is 131 Å². The van der Waals surface area contributed by atoms with Crippen molar-refractivity contribution in [2.75, 3.05) is 4.90 Å². The first-order valence-electron chi connectivity index (χ1n) is 15.6. The Hall–Kier alpha value is -5.63. The summed E-state index contributed by atoms with van der Waals surface area (Å²) >= 11 is 0. The number of hydrogen-bond donors (Lipinski definition) is 0. The van der Waals surface area contributed by atoms with Gasteiger partial charge in [0.15, 0.2) is 7.14 Å². The summed E-state index contributed by atoms with van der Waals surface area (Å²) in [5.41, 5.74) is 8.56. The molecular weight excluding hydrogens is 579 g/mol. The van der Waals surface area contributed by atoms with Crippen LogP contribution in [0.2, 0.25) is 0 Å². The number of aromatic nitrogens is 1. The molecule has 9 rings (SSSR count). The van der Waals surface area contributed by atoms with E-state index in [1.807, 2.05) is 54.6 Å². The van der Waals surface area contributed by atoms with Crippen molar-refractivity contribution in [2.45, 2.75) is 0 Å². The van der Waals surface area contributed by atoms with Gasteiger partial charge in [0.1, 0.15) is 0 Å². The van der Waals surface area contributed by atoms with Crippen molar-refractivity contribution in [1.29, 1.82) is 0 Å². The monoisotopic (exact) mass is 608 g/mol. The fourth-order valence-electron chi connectivity index (χ4n) is 7.12. The van der Waals surface area contributed by atoms with E-state index in [0.29, 0.717) is 0 Å². The van der Waals surface area contributed by atoms with Crippen LogP contribution in [0.4, 0.5) is 17.1 Å². The highest BCUT2D eigenvalue weighted by Gasteiger charge is 2.41. The lowest BCUT2D eigenvalue weighted by Gasteiger charge is -2.38. The van der Waals surface area contributed by atoms with Gasteiger partial charge in [-0.1, -0.05) is 115 Å². The molecule has 0 aliphatic carbocycles. The Balaban J connectivity index is 1.27. The summed E-state index contributed by atoms with van der Waals surface area (Å²) in [6, 6.07) is 60.9. The van der Waals surface area contributed by atoms with Gasteiger partial charge in [-0.3, -0.25) is 0 Å². The Morgan fingerprint density at radius 1 is 0.413 bits per heavy atom. The summed E-state index contributed by atoms with van der Waals surface area (Å²) in [5.74, 6) is 0. The summed E-state index contributed by atoms with van der Waals surface area (Å²) in [6.45, 7) is 0. The molecule has 0 saturated carbocycles. The smallest absolute Gasteiger partial charge is 0.175 e. The van der Waals surface area contributed by atoms with Crippen molar-refractivity contribution >= 4 is 61.9 Å². The lowest BCUT2D eigenvalue weighted by Crippen LogP contribution is -2.36. The third kappa shape index (κ3) is 3.96. The maximum Gasteiger partial charge on any atom is 0.175 e. The molecule has 1 aliphatic heterocycles. The van der Waals surface area contributed by atoms with Crippen LogP contribution in [0, 0.1) is 0 Å². The molecule has 4 heteroatoms. The number of anilines is 3. The van der Waals surface area contributed by atoms with E-state index < -0.39 is 7.14 Å². The highest BCUT2D eigenvalue weighted by Crippen LogP contribution is 2.54. The van der Waals surface area contributed by atoms with Crippen LogP contribution in [0.5, 0.6) is 0 Å². The molecule has 0 amide bonds. The third-order valence-corrected chi connectivity index (χ3v) is 12.3. The summed E-state index contributed by atoms with van der Waals surface area (Å²) < 4.78 is 17.9. The standard InChI is InChI=1S/C42H29N2OP/c45-46(34-18-5-2-6-19-34)41-25-12-11-24-39(41)43(32-15-3-1-4-16-32)40-29-31(26-27-42(40)46)30-14-13-17-33(28-30)44-37-22-9-7-20-35(37)36-21-8-10-23-38(36)44/h1-29H. The van der Waals surface area contributed by atoms with Gasteiger partial charge in [-0.05, 0) is 71.8 Å². The van der Waals surface area contributed by atoms with E-state index in [1.165, 1.54) is 21.8 Å². The first-order chi connectivity index (χ1) is 22.7. The van der Waals surface area contributed by atoms with Gasteiger partial charge in [-0.2, -0.15) is 0 Å². The third-order valence-electron chi connectivity index (χ3n) is 9.17. The second-order valence-electron chi connectivity index (χ2n) is 11.7. The van der Waals surface area contributed by atoms with E-state index in [9.17, 15) is 0 Å². The second kappa shape index (κ2) is 10.5. The summed E-state index contributed by atoms with van der Waals surface area (Å²) in [4.78, 5) is 2.27. The number of hydrogen-bond acceptors (Lipinski definition) is 2. The van der Waals surface area contributed by atoms with E-state index in [1.54, 1.807) is 0 Å². The average Bonchev–Trinajstić information content (AvgIpc) is 3.47. The predicted octanol–water partition coefficient (Wildman–Crippen LogP) is 9.87. The van der Waals surface area contributed by atoms with E-state index in [4.69, 9.17) is 0 Å². The van der Waals surface area contributed by atoms with Gasteiger partial charge in [0.2, 0.25) is 0 Å². The van der Waals surface area contributed by atoms with Crippen molar-refractivity contribution in [3.05, 3.63) is 176 Å².